The summed E-state index contributed by atoms with van der Waals surface area (Å²) in [5.41, 5.74) is 6.13. The Hall–Kier alpha value is -3.59. The van der Waals surface area contributed by atoms with Crippen molar-refractivity contribution in [2.45, 2.75) is 13.3 Å². The second-order valence-corrected chi connectivity index (χ2v) is 6.79. The smallest absolute Gasteiger partial charge is 0.142 e. The molecule has 0 aliphatic rings. The summed E-state index contributed by atoms with van der Waals surface area (Å²) in [4.78, 5) is 8.64. The van der Waals surface area contributed by atoms with Gasteiger partial charge in [-0.15, -0.1) is 0 Å². The van der Waals surface area contributed by atoms with Crippen molar-refractivity contribution in [3.8, 4) is 33.9 Å². The normalized spacial score (nSPS) is 11.2. The van der Waals surface area contributed by atoms with Crippen molar-refractivity contribution in [1.29, 1.82) is 0 Å². The number of aryl methyl sites for hydroxylation is 1. The molecule has 0 aliphatic carbocycles. The maximum atomic E-state index is 6.10. The van der Waals surface area contributed by atoms with Crippen LogP contribution in [0, 0.1) is 0 Å². The van der Waals surface area contributed by atoms with Crippen LogP contribution < -0.4 is 0 Å². The topological polar surface area (TPSA) is 41.8 Å². The number of nitrogens with one attached hydrogen (secondary N) is 1. The fraction of sp³-hybridized carbons (Fsp3) is 0.0800. The summed E-state index contributed by atoms with van der Waals surface area (Å²) in [7, 11) is 0. The lowest BCUT2D eigenvalue weighted by atomic mass is 10.1. The minimum absolute atomic E-state index is 0.812. The van der Waals surface area contributed by atoms with Gasteiger partial charge in [0.1, 0.15) is 17.2 Å². The van der Waals surface area contributed by atoms with Crippen LogP contribution in [0.15, 0.2) is 89.3 Å². The molecule has 0 amide bonds. The highest BCUT2D eigenvalue weighted by Gasteiger charge is 2.21. The van der Waals surface area contributed by atoms with Gasteiger partial charge in [0.15, 0.2) is 0 Å². The van der Waals surface area contributed by atoms with Crippen molar-refractivity contribution in [2.24, 2.45) is 0 Å². The molecule has 3 nitrogen and oxygen atoms in total. The van der Waals surface area contributed by atoms with Gasteiger partial charge in [-0.25, -0.2) is 4.98 Å². The first kappa shape index (κ1) is 16.6. The van der Waals surface area contributed by atoms with Crippen molar-refractivity contribution >= 4 is 11.0 Å². The quantitative estimate of drug-likeness (QED) is 0.384. The number of para-hydroxylation sites is 1. The van der Waals surface area contributed by atoms with E-state index >= 15 is 0 Å². The molecule has 5 aromatic rings. The zero-order chi connectivity index (χ0) is 18.9. The Bertz CT molecular complexity index is 1180. The van der Waals surface area contributed by atoms with Crippen LogP contribution in [0.4, 0.5) is 0 Å². The Morgan fingerprint density at radius 1 is 0.786 bits per heavy atom. The monoisotopic (exact) mass is 364 g/mol. The third-order valence-electron chi connectivity index (χ3n) is 5.04. The lowest BCUT2D eigenvalue weighted by Gasteiger charge is -2.02. The number of benzene rings is 3. The molecule has 0 bridgehead atoms. The molecule has 0 unspecified atom stereocenters. The molecular weight excluding hydrogens is 344 g/mol. The van der Waals surface area contributed by atoms with Crippen LogP contribution in [0.25, 0.3) is 44.9 Å². The van der Waals surface area contributed by atoms with E-state index in [0.717, 1.165) is 57.1 Å². The number of hydrogen-bond acceptors (Lipinski definition) is 2. The average molecular weight is 364 g/mol. The maximum Gasteiger partial charge on any atom is 0.142 e. The Morgan fingerprint density at radius 2 is 1.43 bits per heavy atom. The molecule has 0 aliphatic heterocycles. The molecule has 0 radical (unpaired) electrons. The predicted molar refractivity (Wildman–Crippen MR) is 114 cm³/mol. The van der Waals surface area contributed by atoms with E-state index in [4.69, 9.17) is 9.40 Å². The van der Waals surface area contributed by atoms with E-state index in [1.165, 1.54) is 0 Å². The number of nitrogens with zero attached hydrogens (tertiary/aromatic N) is 1. The number of rotatable bonds is 4. The van der Waals surface area contributed by atoms with Gasteiger partial charge >= 0.3 is 0 Å². The number of fused-ring (bicyclic) bond motifs is 1. The molecule has 2 aromatic heterocycles. The Labute approximate surface area is 163 Å². The Balaban J connectivity index is 1.78. The summed E-state index contributed by atoms with van der Waals surface area (Å²) < 4.78 is 6.10. The van der Waals surface area contributed by atoms with Crippen LogP contribution in [0.5, 0.6) is 0 Å². The molecule has 0 saturated heterocycles. The summed E-state index contributed by atoms with van der Waals surface area (Å²) in [5.74, 6) is 1.80. The first-order valence-electron chi connectivity index (χ1n) is 9.56. The summed E-state index contributed by atoms with van der Waals surface area (Å²) in [5, 5.41) is 1.09. The third kappa shape index (κ3) is 2.72. The molecule has 0 atom stereocenters. The first-order chi connectivity index (χ1) is 13.8. The lowest BCUT2D eigenvalue weighted by molar-refractivity contribution is 0.558. The molecule has 0 spiro atoms. The fourth-order valence-corrected chi connectivity index (χ4v) is 3.71. The van der Waals surface area contributed by atoms with Gasteiger partial charge < -0.3 is 9.40 Å². The molecule has 0 fully saturated rings. The molecule has 136 valence electrons. The van der Waals surface area contributed by atoms with Crippen molar-refractivity contribution in [1.82, 2.24) is 9.97 Å². The molecule has 1 N–H and O–H groups in total. The SMILES string of the molecule is CCc1oc2ccccc2c1-c1nc(-c2ccccc2)c(-c2ccccc2)[nH]1. The molecule has 3 aromatic carbocycles. The largest absolute Gasteiger partial charge is 0.460 e. The van der Waals surface area contributed by atoms with E-state index in [2.05, 4.69) is 54.4 Å². The Morgan fingerprint density at radius 3 is 2.14 bits per heavy atom. The van der Waals surface area contributed by atoms with Gasteiger partial charge in [-0.05, 0) is 6.07 Å². The predicted octanol–water partition coefficient (Wildman–Crippen LogP) is 6.72. The van der Waals surface area contributed by atoms with E-state index in [0.29, 0.717) is 0 Å². The van der Waals surface area contributed by atoms with Crippen molar-refractivity contribution < 1.29 is 4.42 Å². The molecule has 5 rings (SSSR count). The summed E-state index contributed by atoms with van der Waals surface area (Å²) in [6, 6.07) is 28.8. The van der Waals surface area contributed by atoms with Crippen LogP contribution in [0.2, 0.25) is 0 Å². The van der Waals surface area contributed by atoms with Gasteiger partial charge in [0.05, 0.1) is 17.0 Å². The Kier molecular flexibility index (Phi) is 4.06. The van der Waals surface area contributed by atoms with Gasteiger partial charge in [-0.1, -0.05) is 85.8 Å². The summed E-state index contributed by atoms with van der Waals surface area (Å²) in [6.07, 6.45) is 0.812. The van der Waals surface area contributed by atoms with Crippen LogP contribution >= 0.6 is 0 Å². The second kappa shape index (κ2) is 6.86. The van der Waals surface area contributed by atoms with Gasteiger partial charge in [-0.2, -0.15) is 0 Å². The number of H-pyrrole nitrogens is 1. The standard InChI is InChI=1S/C25H20N2O/c1-2-20-22(19-15-9-10-16-21(19)28-20)25-26-23(17-11-5-3-6-12-17)24(27-25)18-13-7-4-8-14-18/h3-16H,2H2,1H3,(H,26,27). The summed E-state index contributed by atoms with van der Waals surface area (Å²) in [6.45, 7) is 2.11. The highest BCUT2D eigenvalue weighted by Crippen LogP contribution is 2.38. The number of imidazole rings is 1. The van der Waals surface area contributed by atoms with Crippen LogP contribution in [-0.2, 0) is 6.42 Å². The van der Waals surface area contributed by atoms with Crippen LogP contribution in [0.1, 0.15) is 12.7 Å². The second-order valence-electron chi connectivity index (χ2n) is 6.79. The third-order valence-corrected chi connectivity index (χ3v) is 5.04. The number of aromatic nitrogens is 2. The number of aromatic amines is 1. The molecule has 28 heavy (non-hydrogen) atoms. The van der Waals surface area contributed by atoms with E-state index in [1.807, 2.05) is 42.5 Å². The first-order valence-corrected chi connectivity index (χ1v) is 9.56. The van der Waals surface area contributed by atoms with Crippen molar-refractivity contribution in [3.63, 3.8) is 0 Å². The van der Waals surface area contributed by atoms with Gasteiger partial charge in [0.2, 0.25) is 0 Å². The average Bonchev–Trinajstić information content (AvgIpc) is 3.36. The zero-order valence-electron chi connectivity index (χ0n) is 15.6. The molecule has 3 heteroatoms. The molecular formula is C25H20N2O. The fourth-order valence-electron chi connectivity index (χ4n) is 3.71. The van der Waals surface area contributed by atoms with Crippen LogP contribution in [-0.4, -0.2) is 9.97 Å². The minimum Gasteiger partial charge on any atom is -0.460 e. The van der Waals surface area contributed by atoms with Crippen molar-refractivity contribution in [3.05, 3.63) is 90.7 Å². The number of furan rings is 1. The van der Waals surface area contributed by atoms with E-state index < -0.39 is 0 Å². The molecule has 0 saturated carbocycles. The summed E-state index contributed by atoms with van der Waals surface area (Å²) >= 11 is 0. The van der Waals surface area contributed by atoms with Gasteiger partial charge in [-0.3, -0.25) is 0 Å². The number of hydrogen-bond donors (Lipinski definition) is 1. The van der Waals surface area contributed by atoms with Gasteiger partial charge in [0, 0.05) is 22.9 Å². The highest BCUT2D eigenvalue weighted by atomic mass is 16.3. The van der Waals surface area contributed by atoms with Crippen LogP contribution in [0.3, 0.4) is 0 Å². The van der Waals surface area contributed by atoms with Crippen molar-refractivity contribution in [2.75, 3.05) is 0 Å². The zero-order valence-corrected chi connectivity index (χ0v) is 15.6. The van der Waals surface area contributed by atoms with E-state index in [1.54, 1.807) is 0 Å². The highest BCUT2D eigenvalue weighted by molar-refractivity contribution is 5.95. The van der Waals surface area contributed by atoms with E-state index in [-0.39, 0.29) is 0 Å². The van der Waals surface area contributed by atoms with Gasteiger partial charge in [0.25, 0.3) is 0 Å². The van der Waals surface area contributed by atoms with E-state index in [9.17, 15) is 0 Å². The lowest BCUT2D eigenvalue weighted by Crippen LogP contribution is -1.85. The maximum absolute atomic E-state index is 6.10. The minimum atomic E-state index is 0.812. The molecule has 2 heterocycles.